The molecule has 0 spiro atoms. The topological polar surface area (TPSA) is 82.6 Å². The number of nitrogens with one attached hydrogen (secondary N) is 1. The number of carbonyl (C=O) groups is 1. The number of benzene rings is 1. The number of aromatic nitrogens is 2. The number of rotatable bonds is 7. The summed E-state index contributed by atoms with van der Waals surface area (Å²) in [5.41, 5.74) is 2.20. The first-order valence-corrected chi connectivity index (χ1v) is 10.4. The summed E-state index contributed by atoms with van der Waals surface area (Å²) in [5, 5.41) is 3.83. The second-order valence-electron chi connectivity index (χ2n) is 6.82. The van der Waals surface area contributed by atoms with Crippen LogP contribution < -0.4 is 19.5 Å². The van der Waals surface area contributed by atoms with Crippen LogP contribution in [0.5, 0.6) is 17.4 Å². The highest BCUT2D eigenvalue weighted by molar-refractivity contribution is 7.18. The minimum atomic E-state index is -0.212. The summed E-state index contributed by atoms with van der Waals surface area (Å²) in [5.74, 6) is 1.56. The quantitative estimate of drug-likeness (QED) is 0.640. The number of ether oxygens (including phenoxy) is 3. The number of fused-ring (bicyclic) bond motifs is 3. The first-order chi connectivity index (χ1) is 14.2. The predicted octanol–water partition coefficient (Wildman–Crippen LogP) is 3.28. The molecule has 4 rings (SSSR count). The van der Waals surface area contributed by atoms with E-state index in [2.05, 4.69) is 15.3 Å². The average Bonchev–Trinajstić information content (AvgIpc) is 3.15. The van der Waals surface area contributed by atoms with Crippen LogP contribution in [0, 0.1) is 0 Å². The maximum atomic E-state index is 12.3. The van der Waals surface area contributed by atoms with Gasteiger partial charge in [-0.2, -0.15) is 0 Å². The zero-order valence-electron chi connectivity index (χ0n) is 16.5. The van der Waals surface area contributed by atoms with Crippen LogP contribution in [0.1, 0.15) is 28.8 Å². The molecule has 3 aromatic rings. The lowest BCUT2D eigenvalue weighted by atomic mass is 9.97. The van der Waals surface area contributed by atoms with Crippen LogP contribution in [0.2, 0.25) is 0 Å². The zero-order valence-corrected chi connectivity index (χ0v) is 17.3. The molecule has 0 radical (unpaired) electrons. The van der Waals surface area contributed by atoms with E-state index in [1.165, 1.54) is 29.6 Å². The van der Waals surface area contributed by atoms with Gasteiger partial charge in [-0.15, -0.1) is 11.3 Å². The highest BCUT2D eigenvalue weighted by Gasteiger charge is 2.21. The normalized spacial score (nSPS) is 13.0. The highest BCUT2D eigenvalue weighted by Crippen LogP contribution is 2.38. The summed E-state index contributed by atoms with van der Waals surface area (Å²) >= 11 is 1.71. The second-order valence-corrected chi connectivity index (χ2v) is 7.91. The van der Waals surface area contributed by atoms with Crippen molar-refractivity contribution in [3.8, 4) is 17.4 Å². The predicted molar refractivity (Wildman–Crippen MR) is 111 cm³/mol. The average molecular weight is 413 g/mol. The maximum Gasteiger partial charge on any atom is 0.258 e. The third-order valence-corrected chi connectivity index (χ3v) is 6.19. The molecule has 0 bridgehead atoms. The van der Waals surface area contributed by atoms with Crippen LogP contribution in [0.15, 0.2) is 24.5 Å². The third kappa shape index (κ3) is 4.12. The Morgan fingerprint density at radius 1 is 1.14 bits per heavy atom. The molecular weight excluding hydrogens is 390 g/mol. The smallest absolute Gasteiger partial charge is 0.258 e. The van der Waals surface area contributed by atoms with Gasteiger partial charge >= 0.3 is 0 Å². The van der Waals surface area contributed by atoms with Gasteiger partial charge in [0.25, 0.3) is 5.91 Å². The van der Waals surface area contributed by atoms with Gasteiger partial charge in [0.2, 0.25) is 5.88 Å². The minimum Gasteiger partial charge on any atom is -0.493 e. The molecule has 1 amide bonds. The summed E-state index contributed by atoms with van der Waals surface area (Å²) in [7, 11) is 3.17. The summed E-state index contributed by atoms with van der Waals surface area (Å²) in [6.45, 7) is 0.277. The number of hydrogen-bond donors (Lipinski definition) is 1. The molecule has 1 aliphatic rings. The van der Waals surface area contributed by atoms with E-state index in [-0.39, 0.29) is 12.5 Å². The van der Waals surface area contributed by atoms with E-state index in [4.69, 9.17) is 14.2 Å². The molecule has 0 saturated heterocycles. The highest BCUT2D eigenvalue weighted by atomic mass is 32.1. The molecule has 2 heterocycles. The fourth-order valence-electron chi connectivity index (χ4n) is 3.55. The van der Waals surface area contributed by atoms with Gasteiger partial charge < -0.3 is 19.5 Å². The van der Waals surface area contributed by atoms with Crippen LogP contribution in [-0.4, -0.2) is 36.7 Å². The third-order valence-electron chi connectivity index (χ3n) is 4.99. The van der Waals surface area contributed by atoms with E-state index in [0.717, 1.165) is 28.6 Å². The van der Waals surface area contributed by atoms with E-state index < -0.39 is 0 Å². The molecule has 1 aromatic carbocycles. The number of aryl methyl sites for hydroxylation is 2. The minimum absolute atomic E-state index is 0.0932. The molecule has 152 valence electrons. The molecule has 29 heavy (non-hydrogen) atoms. The van der Waals surface area contributed by atoms with Crippen molar-refractivity contribution in [1.82, 2.24) is 15.3 Å². The fourth-order valence-corrected chi connectivity index (χ4v) is 4.77. The Kier molecular flexibility index (Phi) is 5.80. The molecule has 1 aliphatic carbocycles. The summed E-state index contributed by atoms with van der Waals surface area (Å²) < 4.78 is 16.3. The monoisotopic (exact) mass is 413 g/mol. The lowest BCUT2D eigenvalue weighted by molar-refractivity contribution is -0.123. The van der Waals surface area contributed by atoms with Crippen molar-refractivity contribution in [2.75, 3.05) is 20.8 Å². The van der Waals surface area contributed by atoms with E-state index in [9.17, 15) is 4.79 Å². The van der Waals surface area contributed by atoms with Crippen molar-refractivity contribution in [2.24, 2.45) is 0 Å². The Hall–Kier alpha value is -2.87. The van der Waals surface area contributed by atoms with Gasteiger partial charge in [0.15, 0.2) is 18.1 Å². The molecule has 0 fully saturated rings. The molecule has 2 aromatic heterocycles. The van der Waals surface area contributed by atoms with Gasteiger partial charge in [0.1, 0.15) is 11.2 Å². The zero-order chi connectivity index (χ0) is 20.2. The lowest BCUT2D eigenvalue weighted by Crippen LogP contribution is -2.28. The van der Waals surface area contributed by atoms with Gasteiger partial charge in [0, 0.05) is 11.4 Å². The van der Waals surface area contributed by atoms with Crippen molar-refractivity contribution >= 4 is 27.5 Å². The number of carbonyl (C=O) groups excluding carboxylic acids is 1. The first kappa shape index (κ1) is 19.4. The van der Waals surface area contributed by atoms with E-state index in [0.29, 0.717) is 23.9 Å². The molecule has 1 N–H and O–H groups in total. The molecule has 8 heteroatoms. The number of thiophene rings is 1. The van der Waals surface area contributed by atoms with E-state index in [1.54, 1.807) is 25.6 Å². The lowest BCUT2D eigenvalue weighted by Gasteiger charge is -2.12. The molecule has 0 atom stereocenters. The molecule has 7 nitrogen and oxygen atoms in total. The second kappa shape index (κ2) is 8.65. The van der Waals surface area contributed by atoms with Crippen LogP contribution in [-0.2, 0) is 24.2 Å². The first-order valence-electron chi connectivity index (χ1n) is 9.55. The number of amides is 1. The van der Waals surface area contributed by atoms with Crippen molar-refractivity contribution in [3.05, 3.63) is 40.5 Å². The number of methoxy groups -OCH3 is 2. The van der Waals surface area contributed by atoms with E-state index in [1.807, 2.05) is 18.2 Å². The Morgan fingerprint density at radius 3 is 2.79 bits per heavy atom. The van der Waals surface area contributed by atoms with Gasteiger partial charge in [0.05, 0.1) is 19.6 Å². The molecule has 0 saturated carbocycles. The van der Waals surface area contributed by atoms with Crippen molar-refractivity contribution in [3.63, 3.8) is 0 Å². The Morgan fingerprint density at radius 2 is 1.97 bits per heavy atom. The standard InChI is InChI=1S/C21H23N3O4S/c1-26-15-8-7-13(9-16(15)27-2)10-22-18(25)11-28-20-19-14-5-3-4-6-17(14)29-21(19)24-12-23-20/h7-9,12H,3-6,10-11H2,1-2H3,(H,22,25). The van der Waals surface area contributed by atoms with Crippen LogP contribution >= 0.6 is 11.3 Å². The van der Waals surface area contributed by atoms with Crippen LogP contribution in [0.3, 0.4) is 0 Å². The Labute approximate surface area is 173 Å². The SMILES string of the molecule is COc1ccc(CNC(=O)COc2ncnc3sc4c(c23)CCCC4)cc1OC. The van der Waals surface area contributed by atoms with Crippen molar-refractivity contribution < 1.29 is 19.0 Å². The Balaban J connectivity index is 1.40. The van der Waals surface area contributed by atoms with Gasteiger partial charge in [-0.25, -0.2) is 9.97 Å². The van der Waals surface area contributed by atoms with Gasteiger partial charge in [-0.3, -0.25) is 4.79 Å². The summed E-state index contributed by atoms with van der Waals surface area (Å²) in [6.07, 6.45) is 5.98. The fraction of sp³-hybridized carbons (Fsp3) is 0.381. The number of nitrogens with zero attached hydrogens (tertiary/aromatic N) is 2. The number of hydrogen-bond acceptors (Lipinski definition) is 7. The van der Waals surface area contributed by atoms with Gasteiger partial charge in [-0.1, -0.05) is 6.07 Å². The van der Waals surface area contributed by atoms with Crippen molar-refractivity contribution in [2.45, 2.75) is 32.2 Å². The molecular formula is C21H23N3O4S. The molecule has 0 unspecified atom stereocenters. The van der Waals surface area contributed by atoms with Crippen LogP contribution in [0.4, 0.5) is 0 Å². The molecule has 0 aliphatic heterocycles. The van der Waals surface area contributed by atoms with Crippen molar-refractivity contribution in [1.29, 1.82) is 0 Å². The van der Waals surface area contributed by atoms with E-state index >= 15 is 0 Å². The largest absolute Gasteiger partial charge is 0.493 e. The summed E-state index contributed by atoms with van der Waals surface area (Å²) in [4.78, 5) is 23.3. The van der Waals surface area contributed by atoms with Crippen LogP contribution in [0.25, 0.3) is 10.2 Å². The maximum absolute atomic E-state index is 12.3. The van der Waals surface area contributed by atoms with Gasteiger partial charge in [-0.05, 0) is 48.9 Å². The Bertz CT molecular complexity index is 1030. The summed E-state index contributed by atoms with van der Waals surface area (Å²) in [6, 6.07) is 5.54.